The fourth-order valence-electron chi connectivity index (χ4n) is 1.89. The molecule has 1 atom stereocenters. The number of hydrogen-bond acceptors (Lipinski definition) is 3. The van der Waals surface area contributed by atoms with Crippen LogP contribution in [0.1, 0.15) is 51.2 Å². The molecule has 0 aliphatic rings. The average molecular weight is 261 g/mol. The normalized spacial score (nSPS) is 11.9. The van der Waals surface area contributed by atoms with E-state index in [0.717, 1.165) is 31.2 Å². The lowest BCUT2D eigenvalue weighted by Crippen LogP contribution is -2.13. The topological polar surface area (TPSA) is 52.3 Å². The van der Waals surface area contributed by atoms with E-state index in [4.69, 9.17) is 10.5 Å². The van der Waals surface area contributed by atoms with Gasteiger partial charge in [0.1, 0.15) is 6.10 Å². The predicted octanol–water partition coefficient (Wildman–Crippen LogP) is 4.01. The quantitative estimate of drug-likeness (QED) is 0.349. The molecule has 1 unspecified atom stereocenters. The van der Waals surface area contributed by atoms with Gasteiger partial charge in [0.05, 0.1) is 0 Å². The maximum Gasteiger partial charge on any atom is 0.333 e. The van der Waals surface area contributed by atoms with E-state index in [1.54, 1.807) is 6.92 Å². The van der Waals surface area contributed by atoms with Crippen molar-refractivity contribution in [1.82, 2.24) is 0 Å². The van der Waals surface area contributed by atoms with Crippen LogP contribution in [0.25, 0.3) is 0 Å². The summed E-state index contributed by atoms with van der Waals surface area (Å²) in [5.41, 5.74) is 7.92. The molecule has 0 spiro atoms. The molecule has 0 aromatic heterocycles. The Morgan fingerprint density at radius 1 is 1.37 bits per heavy atom. The lowest BCUT2D eigenvalue weighted by Gasteiger charge is -2.20. The van der Waals surface area contributed by atoms with Crippen molar-refractivity contribution in [3.05, 3.63) is 42.0 Å². The lowest BCUT2D eigenvalue weighted by molar-refractivity contribution is -0.145. The Hall–Kier alpha value is -1.77. The number of esters is 1. The molecule has 1 rings (SSSR count). The van der Waals surface area contributed by atoms with Gasteiger partial charge in [-0.1, -0.05) is 44.5 Å². The summed E-state index contributed by atoms with van der Waals surface area (Å²) in [4.78, 5) is 11.7. The Balaban J connectivity index is 2.82. The maximum atomic E-state index is 11.7. The molecule has 0 aliphatic heterocycles. The van der Waals surface area contributed by atoms with E-state index in [0.29, 0.717) is 11.3 Å². The third-order valence-corrected chi connectivity index (χ3v) is 3.01. The molecule has 0 amide bonds. The molecule has 0 bridgehead atoms. The smallest absolute Gasteiger partial charge is 0.333 e. The van der Waals surface area contributed by atoms with E-state index in [2.05, 4.69) is 13.5 Å². The van der Waals surface area contributed by atoms with E-state index in [9.17, 15) is 4.79 Å². The van der Waals surface area contributed by atoms with E-state index in [-0.39, 0.29) is 12.1 Å². The lowest BCUT2D eigenvalue weighted by atomic mass is 10.0. The van der Waals surface area contributed by atoms with Crippen LogP contribution in [0.5, 0.6) is 0 Å². The molecular formula is C16H23NO2. The van der Waals surface area contributed by atoms with Crippen LogP contribution < -0.4 is 5.73 Å². The highest BCUT2D eigenvalue weighted by Crippen LogP contribution is 2.29. The van der Waals surface area contributed by atoms with Crippen molar-refractivity contribution in [1.29, 1.82) is 0 Å². The second-order valence-corrected chi connectivity index (χ2v) is 4.80. The zero-order valence-corrected chi connectivity index (χ0v) is 11.8. The minimum absolute atomic E-state index is 0.281. The van der Waals surface area contributed by atoms with Gasteiger partial charge in [-0.05, 0) is 25.8 Å². The summed E-state index contributed by atoms with van der Waals surface area (Å²) in [6, 6.07) is 7.53. The van der Waals surface area contributed by atoms with Crippen molar-refractivity contribution in [2.45, 2.75) is 45.6 Å². The Morgan fingerprint density at radius 3 is 2.63 bits per heavy atom. The fraction of sp³-hybridized carbons (Fsp3) is 0.438. The van der Waals surface area contributed by atoms with Crippen molar-refractivity contribution in [3.63, 3.8) is 0 Å². The molecule has 1 aromatic carbocycles. The number of rotatable bonds is 7. The molecule has 104 valence electrons. The van der Waals surface area contributed by atoms with Gasteiger partial charge in [-0.3, -0.25) is 0 Å². The van der Waals surface area contributed by atoms with Crippen molar-refractivity contribution < 1.29 is 9.53 Å². The largest absolute Gasteiger partial charge is 0.454 e. The number of anilines is 1. The molecular weight excluding hydrogens is 238 g/mol. The minimum Gasteiger partial charge on any atom is -0.454 e. The highest BCUT2D eigenvalue weighted by atomic mass is 16.5. The number of nitrogens with two attached hydrogens (primary N) is 1. The van der Waals surface area contributed by atoms with Gasteiger partial charge in [0.15, 0.2) is 0 Å². The fourth-order valence-corrected chi connectivity index (χ4v) is 1.89. The summed E-state index contributed by atoms with van der Waals surface area (Å²) in [5, 5.41) is 0. The van der Waals surface area contributed by atoms with E-state index >= 15 is 0 Å². The minimum atomic E-state index is -0.357. The summed E-state index contributed by atoms with van der Waals surface area (Å²) >= 11 is 0. The number of carbonyl (C=O) groups is 1. The highest BCUT2D eigenvalue weighted by Gasteiger charge is 2.18. The second kappa shape index (κ2) is 7.62. The van der Waals surface area contributed by atoms with Crippen LogP contribution in [-0.4, -0.2) is 5.97 Å². The number of unbranched alkanes of at least 4 members (excludes halogenated alkanes) is 2. The van der Waals surface area contributed by atoms with Crippen LogP contribution >= 0.6 is 0 Å². The summed E-state index contributed by atoms with van der Waals surface area (Å²) in [5.74, 6) is -0.357. The maximum absolute atomic E-state index is 11.7. The molecule has 0 heterocycles. The number of hydrogen-bond donors (Lipinski definition) is 1. The standard InChI is InChI=1S/C16H23NO2/c1-4-5-6-11-15(19-16(18)12(2)3)13-9-7-8-10-14(13)17/h7-10,15H,2,4-6,11,17H2,1,3H3. The van der Waals surface area contributed by atoms with Crippen LogP contribution in [0.3, 0.4) is 0 Å². The summed E-state index contributed by atoms with van der Waals surface area (Å²) < 4.78 is 5.51. The van der Waals surface area contributed by atoms with Gasteiger partial charge in [0.2, 0.25) is 0 Å². The molecule has 0 radical (unpaired) electrons. The number of para-hydroxylation sites is 1. The third-order valence-electron chi connectivity index (χ3n) is 3.01. The van der Waals surface area contributed by atoms with Gasteiger partial charge in [-0.25, -0.2) is 4.79 Å². The first-order valence-electron chi connectivity index (χ1n) is 6.77. The van der Waals surface area contributed by atoms with Crippen molar-refractivity contribution >= 4 is 11.7 Å². The Labute approximate surface area is 115 Å². The summed E-state index contributed by atoms with van der Waals surface area (Å²) in [6.07, 6.45) is 3.77. The van der Waals surface area contributed by atoms with Gasteiger partial charge >= 0.3 is 5.97 Å². The number of benzene rings is 1. The number of ether oxygens (including phenoxy) is 1. The Morgan fingerprint density at radius 2 is 2.05 bits per heavy atom. The van der Waals surface area contributed by atoms with E-state index in [1.165, 1.54) is 0 Å². The first kappa shape index (κ1) is 15.3. The van der Waals surface area contributed by atoms with Crippen LogP contribution in [0.2, 0.25) is 0 Å². The van der Waals surface area contributed by atoms with Crippen LogP contribution in [0.15, 0.2) is 36.4 Å². The number of nitrogen functional groups attached to an aromatic ring is 1. The van der Waals surface area contributed by atoms with Crippen molar-refractivity contribution in [3.8, 4) is 0 Å². The van der Waals surface area contributed by atoms with Gasteiger partial charge < -0.3 is 10.5 Å². The molecule has 0 aliphatic carbocycles. The van der Waals surface area contributed by atoms with Crippen LogP contribution in [0.4, 0.5) is 5.69 Å². The SMILES string of the molecule is C=C(C)C(=O)OC(CCCCC)c1ccccc1N. The first-order valence-corrected chi connectivity index (χ1v) is 6.77. The third kappa shape index (κ3) is 4.78. The van der Waals surface area contributed by atoms with Crippen LogP contribution in [0, 0.1) is 0 Å². The van der Waals surface area contributed by atoms with Crippen molar-refractivity contribution in [2.75, 3.05) is 5.73 Å². The molecule has 1 aromatic rings. The molecule has 3 nitrogen and oxygen atoms in total. The van der Waals surface area contributed by atoms with E-state index in [1.807, 2.05) is 24.3 Å². The average Bonchev–Trinajstić information content (AvgIpc) is 2.38. The van der Waals surface area contributed by atoms with Crippen LogP contribution in [-0.2, 0) is 9.53 Å². The van der Waals surface area contributed by atoms with Crippen molar-refractivity contribution in [2.24, 2.45) is 0 Å². The Bertz CT molecular complexity index is 440. The monoisotopic (exact) mass is 261 g/mol. The molecule has 0 saturated carbocycles. The molecule has 3 heteroatoms. The van der Waals surface area contributed by atoms with Gasteiger partial charge in [-0.15, -0.1) is 0 Å². The molecule has 19 heavy (non-hydrogen) atoms. The zero-order valence-electron chi connectivity index (χ0n) is 11.8. The Kier molecular flexibility index (Phi) is 6.13. The number of carbonyl (C=O) groups excluding carboxylic acids is 1. The predicted molar refractivity (Wildman–Crippen MR) is 78.6 cm³/mol. The summed E-state index contributed by atoms with van der Waals surface area (Å²) in [6.45, 7) is 7.41. The van der Waals surface area contributed by atoms with Gasteiger partial charge in [-0.2, -0.15) is 0 Å². The van der Waals surface area contributed by atoms with E-state index < -0.39 is 0 Å². The summed E-state index contributed by atoms with van der Waals surface area (Å²) in [7, 11) is 0. The molecule has 0 saturated heterocycles. The zero-order chi connectivity index (χ0) is 14.3. The van der Waals surface area contributed by atoms with Gasteiger partial charge in [0.25, 0.3) is 0 Å². The highest BCUT2D eigenvalue weighted by molar-refractivity contribution is 5.87. The molecule has 2 N–H and O–H groups in total. The second-order valence-electron chi connectivity index (χ2n) is 4.80. The first-order chi connectivity index (χ1) is 9.06. The van der Waals surface area contributed by atoms with Gasteiger partial charge in [0, 0.05) is 16.8 Å². The molecule has 0 fully saturated rings.